The molecule has 56 heavy (non-hydrogen) atoms. The average molecular weight is 832 g/mol. The van der Waals surface area contributed by atoms with Gasteiger partial charge in [-0.3, -0.25) is 19.2 Å². The van der Waals surface area contributed by atoms with Gasteiger partial charge in [0.15, 0.2) is 22.4 Å². The van der Waals surface area contributed by atoms with Crippen molar-refractivity contribution in [2.75, 3.05) is 12.4 Å². The highest BCUT2D eigenvalue weighted by molar-refractivity contribution is 9.10. The number of fused-ring (bicyclic) bond motifs is 8. The number of ether oxygens (including phenoxy) is 5. The van der Waals surface area contributed by atoms with E-state index in [0.29, 0.717) is 28.5 Å². The van der Waals surface area contributed by atoms with Crippen LogP contribution in [0.2, 0.25) is 0 Å². The van der Waals surface area contributed by atoms with Crippen LogP contribution >= 0.6 is 15.9 Å². The maximum Gasteiger partial charge on any atom is 0.307 e. The van der Waals surface area contributed by atoms with Gasteiger partial charge in [0.2, 0.25) is 10.9 Å². The van der Waals surface area contributed by atoms with E-state index in [9.17, 15) is 19.5 Å². The lowest BCUT2D eigenvalue weighted by Gasteiger charge is -2.36. The minimum Gasteiger partial charge on any atom is -0.505 e. The van der Waals surface area contributed by atoms with E-state index < -0.39 is 58.5 Å². The largest absolute Gasteiger partial charge is 0.505 e. The van der Waals surface area contributed by atoms with E-state index in [1.165, 1.54) is 39.4 Å². The topological polar surface area (TPSA) is 173 Å². The number of amides is 1. The number of esters is 1. The molecule has 294 valence electrons. The number of hydrogen-bond acceptors (Lipinski definition) is 12. The minimum atomic E-state index is -1.82. The summed E-state index contributed by atoms with van der Waals surface area (Å²) in [6, 6.07) is 2.86. The normalized spacial score (nSPS) is 28.8. The van der Waals surface area contributed by atoms with Gasteiger partial charge in [-0.2, -0.15) is 0 Å². The number of aliphatic hydroxyl groups excluding tert-OH is 1. The summed E-state index contributed by atoms with van der Waals surface area (Å²) in [5.74, 6) is -3.64. The van der Waals surface area contributed by atoms with Gasteiger partial charge in [0, 0.05) is 53.9 Å². The highest BCUT2D eigenvalue weighted by Crippen LogP contribution is 2.44. The molecule has 7 rings (SSSR count). The third-order valence-electron chi connectivity index (χ3n) is 10.8. The van der Waals surface area contributed by atoms with E-state index in [0.717, 1.165) is 0 Å². The van der Waals surface area contributed by atoms with Crippen molar-refractivity contribution in [3.8, 4) is 11.5 Å². The number of aliphatic hydroxyl groups is 1. The molecular formula is C42H43BrN2O11. The predicted molar refractivity (Wildman–Crippen MR) is 214 cm³/mol. The summed E-state index contributed by atoms with van der Waals surface area (Å²) in [6.07, 6.45) is 7.07. The summed E-state index contributed by atoms with van der Waals surface area (Å²) >= 11 is 3.33. The van der Waals surface area contributed by atoms with Crippen molar-refractivity contribution in [1.82, 2.24) is 4.98 Å². The smallest absolute Gasteiger partial charge is 0.307 e. The molecule has 0 saturated carbocycles. The highest BCUT2D eigenvalue weighted by Gasteiger charge is 2.45. The first-order chi connectivity index (χ1) is 26.5. The summed E-state index contributed by atoms with van der Waals surface area (Å²) in [5.41, 5.74) is -1.05. The Morgan fingerprint density at radius 3 is 2.52 bits per heavy atom. The zero-order valence-corrected chi connectivity index (χ0v) is 33.9. The first kappa shape index (κ1) is 39.0. The number of carbonyl (C=O) groups is 2. The van der Waals surface area contributed by atoms with Gasteiger partial charge in [-0.1, -0.05) is 54.9 Å². The average Bonchev–Trinajstić information content (AvgIpc) is 3.39. The van der Waals surface area contributed by atoms with Crippen molar-refractivity contribution in [2.24, 2.45) is 17.8 Å². The van der Waals surface area contributed by atoms with Gasteiger partial charge in [0.05, 0.1) is 23.0 Å². The maximum absolute atomic E-state index is 15.2. The first-order valence-electron chi connectivity index (χ1n) is 18.4. The van der Waals surface area contributed by atoms with Crippen LogP contribution in [0.15, 0.2) is 66.8 Å². The van der Waals surface area contributed by atoms with E-state index in [1.54, 1.807) is 32.1 Å². The molecule has 6 bridgehead atoms. The number of benzene rings is 3. The zero-order valence-electron chi connectivity index (χ0n) is 32.3. The second-order valence-corrected chi connectivity index (χ2v) is 16.0. The predicted octanol–water partition coefficient (Wildman–Crippen LogP) is 6.80. The van der Waals surface area contributed by atoms with Crippen molar-refractivity contribution in [1.29, 1.82) is 0 Å². The van der Waals surface area contributed by atoms with Gasteiger partial charge >= 0.3 is 11.8 Å². The molecule has 13 nitrogen and oxygen atoms in total. The Hall–Kier alpha value is -5.21. The van der Waals surface area contributed by atoms with Gasteiger partial charge < -0.3 is 38.5 Å². The summed E-state index contributed by atoms with van der Waals surface area (Å²) < 4.78 is 38.3. The zero-order chi connectivity index (χ0) is 40.4. The maximum atomic E-state index is 15.2. The van der Waals surface area contributed by atoms with Crippen molar-refractivity contribution < 1.29 is 42.8 Å². The van der Waals surface area contributed by atoms with Crippen LogP contribution in [-0.4, -0.2) is 53.2 Å². The van der Waals surface area contributed by atoms with E-state index in [1.807, 2.05) is 13.0 Å². The molecule has 3 unspecified atom stereocenters. The molecule has 7 atom stereocenters. The Balaban J connectivity index is 1.70. The lowest BCUT2D eigenvalue weighted by Crippen LogP contribution is -2.45. The molecule has 3 aliphatic rings. The van der Waals surface area contributed by atoms with Gasteiger partial charge in [0.1, 0.15) is 34.9 Å². The molecule has 1 amide bonds. The number of allylic oxidation sites excluding steroid dienone is 3. The number of carbonyl (C=O) groups excluding carboxylic acids is 2. The lowest BCUT2D eigenvalue weighted by molar-refractivity contribution is -0.159. The van der Waals surface area contributed by atoms with Crippen LogP contribution in [0, 0.1) is 24.7 Å². The van der Waals surface area contributed by atoms with Crippen LogP contribution < -0.4 is 30.9 Å². The van der Waals surface area contributed by atoms with Crippen molar-refractivity contribution >= 4 is 72.2 Å². The molecule has 0 fully saturated rings. The van der Waals surface area contributed by atoms with Crippen LogP contribution in [0.5, 0.6) is 11.5 Å². The first-order valence-corrected chi connectivity index (χ1v) is 19.2. The Morgan fingerprint density at radius 1 is 1.05 bits per heavy atom. The summed E-state index contributed by atoms with van der Waals surface area (Å²) in [5, 5.41) is 14.9. The van der Waals surface area contributed by atoms with Crippen LogP contribution in [0.3, 0.4) is 0 Å². The molecule has 0 aliphatic carbocycles. The number of methoxy groups -OCH3 is 1. The van der Waals surface area contributed by atoms with Crippen LogP contribution in [0.25, 0.3) is 38.7 Å². The molecule has 0 radical (unpaired) electrons. The second-order valence-electron chi connectivity index (χ2n) is 15.1. The molecule has 2 N–H and O–H groups in total. The number of aromatic nitrogens is 1. The second kappa shape index (κ2) is 14.7. The summed E-state index contributed by atoms with van der Waals surface area (Å²) in [4.78, 5) is 60.1. The van der Waals surface area contributed by atoms with Gasteiger partial charge in [0.25, 0.3) is 5.91 Å². The number of anilines is 1. The monoisotopic (exact) mass is 830 g/mol. The van der Waals surface area contributed by atoms with Gasteiger partial charge in [-0.25, -0.2) is 4.98 Å². The third kappa shape index (κ3) is 6.72. The molecule has 4 aromatic rings. The fraction of sp³-hybridized carbons (Fsp3) is 0.405. The molecule has 0 spiro atoms. The van der Waals surface area contributed by atoms with Gasteiger partial charge in [-0.15, -0.1) is 0 Å². The fourth-order valence-corrected chi connectivity index (χ4v) is 8.39. The van der Waals surface area contributed by atoms with E-state index >= 15 is 4.79 Å². The number of halogens is 1. The van der Waals surface area contributed by atoms with Crippen molar-refractivity contribution in [3.05, 3.63) is 84.0 Å². The molecule has 3 aliphatic heterocycles. The Bertz CT molecular complexity index is 2600. The quantitative estimate of drug-likeness (QED) is 0.123. The number of nitrogens with zero attached hydrogens (tertiary/aromatic N) is 1. The number of hydrogen-bond donors (Lipinski definition) is 2. The standard InChI is InChI=1S/C42H43BrN2O11/c1-18-10-9-11-20(3)41(50)45-34-35(48)30-29(33-39(34)54-27-17-24(43)16-25(47)32(27)44-33)31-38-22(5)37(30)55-28(15-19(2)14-18)36(53-23(6)46)21(4)26(51-8)12-13-52-42(7,56-38)40(31)49/h9-13,16-19,21,26,28,36,49H,14-15H2,1-8H3,(H,45,50)/b10-9+,13-12+,20-11-/t18?,19-,21-,26+,28?,36?,42+/m1/s1. The number of rotatable bonds is 2. The van der Waals surface area contributed by atoms with Crippen molar-refractivity contribution in [3.63, 3.8) is 0 Å². The third-order valence-corrected chi connectivity index (χ3v) is 11.2. The van der Waals surface area contributed by atoms with E-state index in [4.69, 9.17) is 33.1 Å². The number of nitrogens with one attached hydrogen (secondary N) is 1. The molecule has 1 aromatic heterocycles. The van der Waals surface area contributed by atoms with Crippen LogP contribution in [-0.2, 0) is 23.8 Å². The van der Waals surface area contributed by atoms with Crippen LogP contribution in [0.4, 0.5) is 5.69 Å². The molecule has 4 heterocycles. The Kier molecular flexibility index (Phi) is 10.2. The lowest BCUT2D eigenvalue weighted by atomic mass is 9.86. The summed E-state index contributed by atoms with van der Waals surface area (Å²) in [6.45, 7) is 12.1. The summed E-state index contributed by atoms with van der Waals surface area (Å²) in [7, 11) is 1.52. The molecule has 14 heteroatoms. The fourth-order valence-electron chi connectivity index (χ4n) is 7.97. The van der Waals surface area contributed by atoms with E-state index in [2.05, 4.69) is 35.1 Å². The Morgan fingerprint density at radius 2 is 1.80 bits per heavy atom. The highest BCUT2D eigenvalue weighted by atomic mass is 79.9. The van der Waals surface area contributed by atoms with Crippen molar-refractivity contribution in [2.45, 2.75) is 85.4 Å². The molecule has 3 aromatic carbocycles. The van der Waals surface area contributed by atoms with Crippen LogP contribution in [0.1, 0.15) is 59.9 Å². The molecule has 0 saturated heterocycles. The van der Waals surface area contributed by atoms with Gasteiger partial charge in [-0.05, 0) is 50.7 Å². The Labute approximate surface area is 330 Å². The molecular weight excluding hydrogens is 788 g/mol. The minimum absolute atomic E-state index is 0.00981. The SMILES string of the molecule is CO[C@H]1/C=C/O[C@@]2(C)Oc3c(C)c4c5c(=O)c(c6oc7cc(Br)cc(=O)c7nc6c5c3=C2O)NC(=O)/C(C)=C\C=C\C(C)C[C@@H](C)CC(O4)C(OC(C)=O)[C@@H]1C. The van der Waals surface area contributed by atoms with E-state index in [-0.39, 0.29) is 67.2 Å².